The average molecular weight is 265 g/mol. The zero-order valence-corrected chi connectivity index (χ0v) is 13.5. The summed E-state index contributed by atoms with van der Waals surface area (Å²) in [5.74, 6) is 2.57. The Bertz CT molecular complexity index is 251. The lowest BCUT2D eigenvalue weighted by atomic mass is 9.64. The summed E-state index contributed by atoms with van der Waals surface area (Å²) in [6.45, 7) is 11.9. The summed E-state index contributed by atoms with van der Waals surface area (Å²) >= 11 is 0. The highest BCUT2D eigenvalue weighted by Gasteiger charge is 2.34. The Morgan fingerprint density at radius 1 is 1.11 bits per heavy atom. The first-order valence-electron chi connectivity index (χ1n) is 8.30. The van der Waals surface area contributed by atoms with Crippen LogP contribution in [0.15, 0.2) is 12.7 Å². The van der Waals surface area contributed by atoms with Gasteiger partial charge in [0.25, 0.3) is 0 Å². The summed E-state index contributed by atoms with van der Waals surface area (Å²) in [7, 11) is 0. The van der Waals surface area contributed by atoms with Gasteiger partial charge in [-0.15, -0.1) is 6.58 Å². The van der Waals surface area contributed by atoms with E-state index >= 15 is 0 Å². The lowest BCUT2D eigenvalue weighted by molar-refractivity contribution is 0.0949. The minimum Gasteiger partial charge on any atom is -0.330 e. The highest BCUT2D eigenvalue weighted by atomic mass is 14.6. The van der Waals surface area contributed by atoms with Gasteiger partial charge in [0.1, 0.15) is 0 Å². The molecule has 0 heterocycles. The Morgan fingerprint density at radius 3 is 2.42 bits per heavy atom. The molecule has 3 atom stereocenters. The van der Waals surface area contributed by atoms with Crippen LogP contribution in [0.4, 0.5) is 0 Å². The van der Waals surface area contributed by atoms with Gasteiger partial charge in [0.2, 0.25) is 0 Å². The molecular formula is C18H35N. The molecule has 1 saturated carbocycles. The van der Waals surface area contributed by atoms with Crippen LogP contribution >= 0.6 is 0 Å². The van der Waals surface area contributed by atoms with Crippen molar-refractivity contribution in [3.05, 3.63) is 12.7 Å². The standard InChI is InChI=1S/C18H35N/c1-5-6-7-8-9-10-15-13-17(18(2,3)4)12-11-16(15)14-19/h5,15-17H,1,6-14,19H2,2-4H3. The van der Waals surface area contributed by atoms with Crippen LogP contribution in [0.25, 0.3) is 0 Å². The number of rotatable bonds is 7. The van der Waals surface area contributed by atoms with Gasteiger partial charge in [-0.05, 0) is 61.8 Å². The maximum atomic E-state index is 5.99. The number of unbranched alkanes of at least 4 members (excludes halogenated alkanes) is 3. The van der Waals surface area contributed by atoms with Gasteiger partial charge in [-0.2, -0.15) is 0 Å². The summed E-state index contributed by atoms with van der Waals surface area (Å²) < 4.78 is 0. The largest absolute Gasteiger partial charge is 0.330 e. The molecule has 3 unspecified atom stereocenters. The molecule has 1 rings (SSSR count). The van der Waals surface area contributed by atoms with Crippen LogP contribution in [-0.2, 0) is 0 Å². The Morgan fingerprint density at radius 2 is 1.84 bits per heavy atom. The van der Waals surface area contributed by atoms with E-state index in [2.05, 4.69) is 27.4 Å². The molecular weight excluding hydrogens is 230 g/mol. The SMILES string of the molecule is C=CCCCCCC1CC(C(C)(C)C)CCC1CN. The van der Waals surface area contributed by atoms with Crippen LogP contribution in [0.1, 0.15) is 72.1 Å². The molecule has 1 aliphatic rings. The number of allylic oxidation sites excluding steroid dienone is 1. The smallest absolute Gasteiger partial charge is 0.00462 e. The summed E-state index contributed by atoms with van der Waals surface area (Å²) in [6, 6.07) is 0. The normalized spacial score (nSPS) is 28.3. The zero-order valence-electron chi connectivity index (χ0n) is 13.5. The van der Waals surface area contributed by atoms with Gasteiger partial charge in [0.15, 0.2) is 0 Å². The van der Waals surface area contributed by atoms with Crippen molar-refractivity contribution >= 4 is 0 Å². The topological polar surface area (TPSA) is 26.0 Å². The van der Waals surface area contributed by atoms with Crippen LogP contribution in [-0.4, -0.2) is 6.54 Å². The van der Waals surface area contributed by atoms with Gasteiger partial charge >= 0.3 is 0 Å². The molecule has 1 heteroatoms. The van der Waals surface area contributed by atoms with Gasteiger partial charge in [-0.1, -0.05) is 46.1 Å². The summed E-state index contributed by atoms with van der Waals surface area (Å²) in [4.78, 5) is 0. The van der Waals surface area contributed by atoms with Crippen LogP contribution < -0.4 is 5.73 Å². The molecule has 0 aromatic carbocycles. The molecule has 0 bridgehead atoms. The molecule has 1 nitrogen and oxygen atoms in total. The molecule has 1 aliphatic carbocycles. The molecule has 112 valence electrons. The average Bonchev–Trinajstić information content (AvgIpc) is 2.37. The second-order valence-corrected chi connectivity index (χ2v) is 7.56. The van der Waals surface area contributed by atoms with E-state index in [0.29, 0.717) is 5.41 Å². The van der Waals surface area contributed by atoms with E-state index in [1.807, 2.05) is 6.08 Å². The van der Waals surface area contributed by atoms with Crippen molar-refractivity contribution in [3.63, 3.8) is 0 Å². The fraction of sp³-hybridized carbons (Fsp3) is 0.889. The number of hydrogen-bond acceptors (Lipinski definition) is 1. The molecule has 0 saturated heterocycles. The molecule has 0 spiro atoms. The van der Waals surface area contributed by atoms with Crippen molar-refractivity contribution in [1.82, 2.24) is 0 Å². The fourth-order valence-corrected chi connectivity index (χ4v) is 3.65. The molecule has 1 fully saturated rings. The molecule has 19 heavy (non-hydrogen) atoms. The van der Waals surface area contributed by atoms with Gasteiger partial charge < -0.3 is 5.73 Å². The first-order valence-corrected chi connectivity index (χ1v) is 8.30. The van der Waals surface area contributed by atoms with Crippen molar-refractivity contribution in [2.45, 2.75) is 72.1 Å². The molecule has 0 radical (unpaired) electrons. The Balaban J connectivity index is 2.39. The lowest BCUT2D eigenvalue weighted by Crippen LogP contribution is -2.35. The lowest BCUT2D eigenvalue weighted by Gasteiger charge is -2.41. The Labute approximate surface area is 121 Å². The van der Waals surface area contributed by atoms with Crippen molar-refractivity contribution < 1.29 is 0 Å². The van der Waals surface area contributed by atoms with E-state index in [1.165, 1.54) is 51.4 Å². The minimum absolute atomic E-state index is 0.473. The number of nitrogens with two attached hydrogens (primary N) is 1. The van der Waals surface area contributed by atoms with Crippen molar-refractivity contribution in [2.75, 3.05) is 6.54 Å². The van der Waals surface area contributed by atoms with Crippen LogP contribution in [0.3, 0.4) is 0 Å². The predicted octanol–water partition coefficient (Wildman–Crippen LogP) is 5.16. The minimum atomic E-state index is 0.473. The van der Waals surface area contributed by atoms with Gasteiger partial charge in [-0.25, -0.2) is 0 Å². The third kappa shape index (κ3) is 5.69. The molecule has 0 aromatic heterocycles. The number of hydrogen-bond donors (Lipinski definition) is 1. The van der Waals surface area contributed by atoms with Crippen LogP contribution in [0.2, 0.25) is 0 Å². The van der Waals surface area contributed by atoms with E-state index in [9.17, 15) is 0 Å². The van der Waals surface area contributed by atoms with Gasteiger partial charge in [-0.3, -0.25) is 0 Å². The van der Waals surface area contributed by atoms with Gasteiger partial charge in [0.05, 0.1) is 0 Å². The highest BCUT2D eigenvalue weighted by molar-refractivity contribution is 4.86. The van der Waals surface area contributed by atoms with Crippen molar-refractivity contribution in [3.8, 4) is 0 Å². The highest BCUT2D eigenvalue weighted by Crippen LogP contribution is 2.44. The first kappa shape index (κ1) is 16.8. The summed E-state index contributed by atoms with van der Waals surface area (Å²) in [5, 5.41) is 0. The second-order valence-electron chi connectivity index (χ2n) is 7.56. The van der Waals surface area contributed by atoms with Gasteiger partial charge in [0, 0.05) is 0 Å². The first-order chi connectivity index (χ1) is 8.99. The van der Waals surface area contributed by atoms with Crippen LogP contribution in [0.5, 0.6) is 0 Å². The third-order valence-corrected chi connectivity index (χ3v) is 5.15. The summed E-state index contributed by atoms with van der Waals surface area (Å²) in [5.41, 5.74) is 6.46. The Hall–Kier alpha value is -0.300. The molecule has 0 aromatic rings. The maximum Gasteiger partial charge on any atom is -0.00462 e. The summed E-state index contributed by atoms with van der Waals surface area (Å²) in [6.07, 6.45) is 12.8. The quantitative estimate of drug-likeness (QED) is 0.499. The van der Waals surface area contributed by atoms with E-state index < -0.39 is 0 Å². The molecule has 2 N–H and O–H groups in total. The zero-order chi connectivity index (χ0) is 14.3. The van der Waals surface area contributed by atoms with E-state index in [0.717, 1.165) is 24.3 Å². The monoisotopic (exact) mass is 265 g/mol. The van der Waals surface area contributed by atoms with Crippen molar-refractivity contribution in [2.24, 2.45) is 28.9 Å². The van der Waals surface area contributed by atoms with Crippen LogP contribution in [0, 0.1) is 23.2 Å². The van der Waals surface area contributed by atoms with E-state index in [1.54, 1.807) is 0 Å². The van der Waals surface area contributed by atoms with E-state index in [4.69, 9.17) is 5.73 Å². The molecule has 0 aliphatic heterocycles. The predicted molar refractivity (Wildman–Crippen MR) is 86.1 cm³/mol. The fourth-order valence-electron chi connectivity index (χ4n) is 3.65. The van der Waals surface area contributed by atoms with Crippen molar-refractivity contribution in [1.29, 1.82) is 0 Å². The van der Waals surface area contributed by atoms with E-state index in [-0.39, 0.29) is 0 Å². The Kier molecular flexibility index (Phi) is 7.13. The second kappa shape index (κ2) is 8.09. The maximum absolute atomic E-state index is 5.99. The molecule has 0 amide bonds. The third-order valence-electron chi connectivity index (χ3n) is 5.15.